The molecule has 2 unspecified atom stereocenters. The fourth-order valence-electron chi connectivity index (χ4n) is 3.35. The Morgan fingerprint density at radius 1 is 1.39 bits per heavy atom. The van der Waals surface area contributed by atoms with Gasteiger partial charge in [0.1, 0.15) is 5.82 Å². The number of nitrogens with zero attached hydrogens (tertiary/aromatic N) is 4. The van der Waals surface area contributed by atoms with Crippen LogP contribution in [0.4, 0.5) is 10.3 Å². The summed E-state index contributed by atoms with van der Waals surface area (Å²) in [4.78, 5) is 27.8. The first-order valence-corrected chi connectivity index (χ1v) is 10.0. The first-order valence-electron chi connectivity index (χ1n) is 9.14. The van der Waals surface area contributed by atoms with Crippen LogP contribution in [-0.4, -0.2) is 51.9 Å². The number of halogens is 1. The molecule has 9 heteroatoms. The molecule has 7 nitrogen and oxygen atoms in total. The molecule has 3 aromatic heterocycles. The summed E-state index contributed by atoms with van der Waals surface area (Å²) in [6.07, 6.45) is 3.68. The summed E-state index contributed by atoms with van der Waals surface area (Å²) in [5.74, 6) is -0.143. The number of carbonyl (C=O) groups is 1. The summed E-state index contributed by atoms with van der Waals surface area (Å²) in [6, 6.07) is 3.34. The van der Waals surface area contributed by atoms with Crippen molar-refractivity contribution in [2.45, 2.75) is 25.4 Å². The molecule has 0 bridgehead atoms. The lowest BCUT2D eigenvalue weighted by atomic mass is 10.1. The fourth-order valence-corrected chi connectivity index (χ4v) is 4.16. The maximum Gasteiger partial charge on any atom is 0.274 e. The average Bonchev–Trinajstić information content (AvgIpc) is 3.36. The number of aromatic nitrogens is 3. The van der Waals surface area contributed by atoms with Gasteiger partial charge in [-0.05, 0) is 43.5 Å². The third-order valence-corrected chi connectivity index (χ3v) is 5.87. The SMILES string of the molecule is CNC1CCN(C(=O)c2nc(NC(C)c3cncc(F)c3)nc3ccsc23)C1. The van der Waals surface area contributed by atoms with E-state index >= 15 is 0 Å². The third-order valence-electron chi connectivity index (χ3n) is 4.96. The number of amides is 1. The summed E-state index contributed by atoms with van der Waals surface area (Å²) < 4.78 is 14.2. The maximum absolute atomic E-state index is 13.5. The number of likely N-dealkylation sites (tertiary alicyclic amines) is 1. The van der Waals surface area contributed by atoms with E-state index in [2.05, 4.69) is 25.6 Å². The normalized spacial score (nSPS) is 17.8. The number of nitrogens with one attached hydrogen (secondary N) is 2. The van der Waals surface area contributed by atoms with Crippen LogP contribution in [0.5, 0.6) is 0 Å². The van der Waals surface area contributed by atoms with E-state index in [9.17, 15) is 9.18 Å². The first kappa shape index (κ1) is 18.7. The maximum atomic E-state index is 13.5. The number of carbonyl (C=O) groups excluding carboxylic acids is 1. The molecule has 1 saturated heterocycles. The molecule has 28 heavy (non-hydrogen) atoms. The number of pyridine rings is 1. The van der Waals surface area contributed by atoms with Crippen LogP contribution in [0.15, 0.2) is 29.9 Å². The van der Waals surface area contributed by atoms with Crippen molar-refractivity contribution < 1.29 is 9.18 Å². The number of thiophene rings is 1. The highest BCUT2D eigenvalue weighted by atomic mass is 32.1. The second kappa shape index (κ2) is 7.76. The van der Waals surface area contributed by atoms with Crippen LogP contribution in [0.1, 0.15) is 35.4 Å². The highest BCUT2D eigenvalue weighted by Gasteiger charge is 2.28. The molecule has 0 saturated carbocycles. The number of rotatable bonds is 5. The molecular weight excluding hydrogens is 379 g/mol. The summed E-state index contributed by atoms with van der Waals surface area (Å²) in [5.41, 5.74) is 1.81. The number of anilines is 1. The van der Waals surface area contributed by atoms with Crippen LogP contribution in [0.2, 0.25) is 0 Å². The molecule has 2 atom stereocenters. The van der Waals surface area contributed by atoms with Gasteiger partial charge in [-0.1, -0.05) is 0 Å². The molecule has 1 aliphatic rings. The van der Waals surface area contributed by atoms with Crippen molar-refractivity contribution in [1.82, 2.24) is 25.2 Å². The summed E-state index contributed by atoms with van der Waals surface area (Å²) >= 11 is 1.46. The number of likely N-dealkylation sites (N-methyl/N-ethyl adjacent to an activating group) is 1. The van der Waals surface area contributed by atoms with Crippen LogP contribution >= 0.6 is 11.3 Å². The Kier molecular flexibility index (Phi) is 5.19. The van der Waals surface area contributed by atoms with Gasteiger partial charge in [0.2, 0.25) is 5.95 Å². The zero-order valence-corrected chi connectivity index (χ0v) is 16.5. The lowest BCUT2D eigenvalue weighted by molar-refractivity contribution is 0.0786. The van der Waals surface area contributed by atoms with Gasteiger partial charge in [0.15, 0.2) is 5.69 Å². The highest BCUT2D eigenvalue weighted by Crippen LogP contribution is 2.27. The van der Waals surface area contributed by atoms with Gasteiger partial charge in [-0.2, -0.15) is 0 Å². The van der Waals surface area contributed by atoms with E-state index < -0.39 is 5.82 Å². The van der Waals surface area contributed by atoms with Crippen molar-refractivity contribution in [3.8, 4) is 0 Å². The van der Waals surface area contributed by atoms with Gasteiger partial charge < -0.3 is 15.5 Å². The second-order valence-corrected chi connectivity index (χ2v) is 7.77. The number of hydrogen-bond acceptors (Lipinski definition) is 7. The van der Waals surface area contributed by atoms with Crippen LogP contribution in [0.3, 0.4) is 0 Å². The quantitative estimate of drug-likeness (QED) is 0.685. The van der Waals surface area contributed by atoms with E-state index in [1.54, 1.807) is 6.20 Å². The Bertz CT molecular complexity index is 1010. The molecule has 2 N–H and O–H groups in total. The fraction of sp³-hybridized carbons (Fsp3) is 0.368. The molecule has 1 aliphatic heterocycles. The molecule has 0 aromatic carbocycles. The smallest absolute Gasteiger partial charge is 0.274 e. The summed E-state index contributed by atoms with van der Waals surface area (Å²) in [7, 11) is 1.91. The zero-order valence-electron chi connectivity index (χ0n) is 15.6. The van der Waals surface area contributed by atoms with Crippen molar-refractivity contribution in [3.05, 3.63) is 47.0 Å². The van der Waals surface area contributed by atoms with Crippen molar-refractivity contribution in [2.75, 3.05) is 25.5 Å². The van der Waals surface area contributed by atoms with Crippen molar-refractivity contribution in [2.24, 2.45) is 0 Å². The van der Waals surface area contributed by atoms with Gasteiger partial charge in [-0.15, -0.1) is 11.3 Å². The number of hydrogen-bond donors (Lipinski definition) is 2. The van der Waals surface area contributed by atoms with Crippen molar-refractivity contribution >= 4 is 33.4 Å². The molecule has 0 spiro atoms. The van der Waals surface area contributed by atoms with Crippen LogP contribution in [0.25, 0.3) is 10.2 Å². The minimum Gasteiger partial charge on any atom is -0.348 e. The van der Waals surface area contributed by atoms with Gasteiger partial charge in [0.05, 0.1) is 22.5 Å². The third kappa shape index (κ3) is 3.67. The lowest BCUT2D eigenvalue weighted by Gasteiger charge is -2.18. The zero-order chi connectivity index (χ0) is 19.7. The molecule has 4 heterocycles. The molecule has 1 fully saturated rings. The van der Waals surface area contributed by atoms with Crippen molar-refractivity contribution in [1.29, 1.82) is 0 Å². The van der Waals surface area contributed by atoms with E-state index in [1.165, 1.54) is 17.4 Å². The molecular formula is C19H21FN6OS. The summed E-state index contributed by atoms with van der Waals surface area (Å²) in [5, 5.41) is 8.29. The highest BCUT2D eigenvalue weighted by molar-refractivity contribution is 7.17. The Hall–Kier alpha value is -2.65. The molecule has 4 rings (SSSR count). The minimum atomic E-state index is -0.399. The van der Waals surface area contributed by atoms with Crippen LogP contribution in [0, 0.1) is 5.82 Å². The average molecular weight is 400 g/mol. The predicted octanol–water partition coefficient (Wildman–Crippen LogP) is 2.83. The van der Waals surface area contributed by atoms with Gasteiger partial charge in [-0.3, -0.25) is 9.78 Å². The molecule has 146 valence electrons. The summed E-state index contributed by atoms with van der Waals surface area (Å²) in [6.45, 7) is 3.24. The molecule has 0 radical (unpaired) electrons. The van der Waals surface area contributed by atoms with Gasteiger partial charge in [0.25, 0.3) is 5.91 Å². The van der Waals surface area contributed by atoms with E-state index in [0.717, 1.165) is 22.8 Å². The van der Waals surface area contributed by atoms with Gasteiger partial charge >= 0.3 is 0 Å². The van der Waals surface area contributed by atoms with E-state index in [-0.39, 0.29) is 11.9 Å². The lowest BCUT2D eigenvalue weighted by Crippen LogP contribution is -2.34. The van der Waals surface area contributed by atoms with E-state index in [0.29, 0.717) is 36.3 Å². The standard InChI is InChI=1S/C19H21FN6OS/c1-11(12-7-13(20)9-22-8-12)23-19-24-15-4-6-28-17(15)16(25-19)18(27)26-5-3-14(10-26)21-2/h4,6-9,11,14,21H,3,5,10H2,1-2H3,(H,23,24,25). The van der Waals surface area contributed by atoms with Gasteiger partial charge in [0, 0.05) is 25.3 Å². The van der Waals surface area contributed by atoms with Crippen LogP contribution in [-0.2, 0) is 0 Å². The first-order chi connectivity index (χ1) is 13.5. The predicted molar refractivity (Wildman–Crippen MR) is 107 cm³/mol. The van der Waals surface area contributed by atoms with Gasteiger partial charge in [-0.25, -0.2) is 14.4 Å². The topological polar surface area (TPSA) is 83.0 Å². The Morgan fingerprint density at radius 2 is 2.25 bits per heavy atom. The van der Waals surface area contributed by atoms with E-state index in [1.807, 2.05) is 30.3 Å². The monoisotopic (exact) mass is 400 g/mol. The Labute approximate surface area is 166 Å². The molecule has 3 aromatic rings. The van der Waals surface area contributed by atoms with Crippen LogP contribution < -0.4 is 10.6 Å². The minimum absolute atomic E-state index is 0.0873. The van der Waals surface area contributed by atoms with Crippen molar-refractivity contribution in [3.63, 3.8) is 0 Å². The van der Waals surface area contributed by atoms with E-state index in [4.69, 9.17) is 0 Å². The second-order valence-electron chi connectivity index (χ2n) is 6.86. The largest absolute Gasteiger partial charge is 0.348 e. The number of fused-ring (bicyclic) bond motifs is 1. The molecule has 0 aliphatic carbocycles. The Balaban J connectivity index is 1.63. The Morgan fingerprint density at radius 3 is 3.00 bits per heavy atom. The molecule has 1 amide bonds.